The van der Waals surface area contributed by atoms with Gasteiger partial charge in [0.2, 0.25) is 0 Å². The molecule has 1 rings (SSSR count). The average Bonchev–Trinajstić information content (AvgIpc) is 2.45. The van der Waals surface area contributed by atoms with Gasteiger partial charge in [-0.15, -0.1) is 0 Å². The van der Waals surface area contributed by atoms with Crippen molar-refractivity contribution in [3.05, 3.63) is 28.2 Å². The molecule has 0 heterocycles. The number of halogens is 1. The molecule has 21 heavy (non-hydrogen) atoms. The molecule has 1 atom stereocenters. The molecule has 3 nitrogen and oxygen atoms in total. The molecule has 0 spiro atoms. The summed E-state index contributed by atoms with van der Waals surface area (Å²) in [6.45, 7) is 7.60. The number of hydrogen-bond acceptors (Lipinski definition) is 3. The lowest BCUT2D eigenvalue weighted by atomic mass is 10.0. The predicted octanol–water partition coefficient (Wildman–Crippen LogP) is 3.51. The number of nitrogens with two attached hydrogens (primary N) is 1. The summed E-state index contributed by atoms with van der Waals surface area (Å²) in [5, 5.41) is 0. The summed E-state index contributed by atoms with van der Waals surface area (Å²) >= 11 is 3.70. The highest BCUT2D eigenvalue weighted by Crippen LogP contribution is 2.25. The van der Waals surface area contributed by atoms with Crippen LogP contribution in [0.25, 0.3) is 0 Å². The van der Waals surface area contributed by atoms with Crippen LogP contribution in [0.1, 0.15) is 32.3 Å². The number of hydrogen-bond donors (Lipinski definition) is 1. The summed E-state index contributed by atoms with van der Waals surface area (Å²) in [6, 6.07) is 6.91. The van der Waals surface area contributed by atoms with Gasteiger partial charge in [-0.3, -0.25) is 0 Å². The summed E-state index contributed by atoms with van der Waals surface area (Å²) in [7, 11) is 4.25. The Morgan fingerprint density at radius 1 is 1.19 bits per heavy atom. The Hall–Kier alpha value is -0.580. The summed E-state index contributed by atoms with van der Waals surface area (Å²) in [5.74, 6) is 0. The third-order valence-electron chi connectivity index (χ3n) is 3.82. The van der Waals surface area contributed by atoms with Gasteiger partial charge in [0.1, 0.15) is 0 Å². The summed E-state index contributed by atoms with van der Waals surface area (Å²) in [4.78, 5) is 4.66. The van der Waals surface area contributed by atoms with Crippen molar-refractivity contribution >= 4 is 21.6 Å². The van der Waals surface area contributed by atoms with Crippen molar-refractivity contribution in [1.29, 1.82) is 0 Å². The van der Waals surface area contributed by atoms with Gasteiger partial charge < -0.3 is 15.5 Å². The second-order valence-corrected chi connectivity index (χ2v) is 6.74. The molecule has 1 aromatic carbocycles. The molecule has 1 unspecified atom stereocenters. The number of benzene rings is 1. The fraction of sp³-hybridized carbons (Fsp3) is 0.647. The highest BCUT2D eigenvalue weighted by atomic mass is 79.9. The Morgan fingerprint density at radius 3 is 2.43 bits per heavy atom. The maximum Gasteiger partial charge on any atom is 0.0377 e. The molecule has 0 aliphatic heterocycles. The minimum absolute atomic E-state index is 0.245. The van der Waals surface area contributed by atoms with Gasteiger partial charge in [-0.1, -0.05) is 28.9 Å². The SMILES string of the molecule is CCC(N)Cc1ccc(N(CC)CCCN(C)C)cc1Br. The third kappa shape index (κ3) is 6.37. The van der Waals surface area contributed by atoms with Gasteiger partial charge in [0.15, 0.2) is 0 Å². The Morgan fingerprint density at radius 2 is 1.90 bits per heavy atom. The quantitative estimate of drug-likeness (QED) is 0.735. The molecule has 0 saturated heterocycles. The normalized spacial score (nSPS) is 12.7. The van der Waals surface area contributed by atoms with Gasteiger partial charge in [-0.2, -0.15) is 0 Å². The Bertz CT molecular complexity index is 420. The molecule has 0 radical (unpaired) electrons. The first kappa shape index (κ1) is 18.5. The van der Waals surface area contributed by atoms with Crippen LogP contribution in [0.3, 0.4) is 0 Å². The van der Waals surface area contributed by atoms with Crippen LogP contribution in [0.15, 0.2) is 22.7 Å². The van der Waals surface area contributed by atoms with Crippen LogP contribution >= 0.6 is 15.9 Å². The highest BCUT2D eigenvalue weighted by molar-refractivity contribution is 9.10. The Kier molecular flexibility index (Phi) is 8.30. The van der Waals surface area contributed by atoms with E-state index in [9.17, 15) is 0 Å². The molecule has 0 saturated carbocycles. The van der Waals surface area contributed by atoms with Crippen LogP contribution in [-0.4, -0.2) is 44.7 Å². The summed E-state index contributed by atoms with van der Waals surface area (Å²) in [5.41, 5.74) is 8.65. The number of rotatable bonds is 9. The Balaban J connectivity index is 2.70. The van der Waals surface area contributed by atoms with Crippen molar-refractivity contribution < 1.29 is 0 Å². The smallest absolute Gasteiger partial charge is 0.0377 e. The minimum Gasteiger partial charge on any atom is -0.372 e. The first-order valence-electron chi connectivity index (χ1n) is 7.91. The molecule has 0 aromatic heterocycles. The van der Waals surface area contributed by atoms with E-state index in [-0.39, 0.29) is 6.04 Å². The average molecular weight is 356 g/mol. The topological polar surface area (TPSA) is 32.5 Å². The molecule has 0 aliphatic rings. The van der Waals surface area contributed by atoms with E-state index in [0.717, 1.165) is 32.5 Å². The molecule has 120 valence electrons. The monoisotopic (exact) mass is 355 g/mol. The van der Waals surface area contributed by atoms with Crippen LogP contribution in [0.4, 0.5) is 5.69 Å². The van der Waals surface area contributed by atoms with E-state index in [1.807, 2.05) is 0 Å². The first-order valence-corrected chi connectivity index (χ1v) is 8.70. The second-order valence-electron chi connectivity index (χ2n) is 5.88. The molecule has 0 aliphatic carbocycles. The summed E-state index contributed by atoms with van der Waals surface area (Å²) < 4.78 is 1.18. The standard InChI is InChI=1S/C17H30BrN3/c1-5-15(19)12-14-8-9-16(13-17(14)18)21(6-2)11-7-10-20(3)4/h8-9,13,15H,5-7,10-12,19H2,1-4H3. The molecule has 2 N–H and O–H groups in total. The van der Waals surface area contributed by atoms with Gasteiger partial charge in [0, 0.05) is 29.3 Å². The summed E-state index contributed by atoms with van der Waals surface area (Å²) in [6.07, 6.45) is 3.13. The van der Waals surface area contributed by atoms with Crippen molar-refractivity contribution in [2.24, 2.45) is 5.73 Å². The molecule has 0 amide bonds. The zero-order valence-electron chi connectivity index (χ0n) is 13.9. The van der Waals surface area contributed by atoms with Gasteiger partial charge in [0.05, 0.1) is 0 Å². The fourth-order valence-corrected chi connectivity index (χ4v) is 2.90. The maximum absolute atomic E-state index is 6.06. The van der Waals surface area contributed by atoms with Crippen LogP contribution in [0.2, 0.25) is 0 Å². The van der Waals surface area contributed by atoms with Crippen LogP contribution in [0, 0.1) is 0 Å². The lowest BCUT2D eigenvalue weighted by Crippen LogP contribution is -2.27. The van der Waals surface area contributed by atoms with Crippen molar-refractivity contribution in [3.63, 3.8) is 0 Å². The van der Waals surface area contributed by atoms with Gasteiger partial charge in [0.25, 0.3) is 0 Å². The molecule has 0 fully saturated rings. The molecular formula is C17H30BrN3. The van der Waals surface area contributed by atoms with E-state index >= 15 is 0 Å². The van der Waals surface area contributed by atoms with Crippen molar-refractivity contribution in [3.8, 4) is 0 Å². The van der Waals surface area contributed by atoms with E-state index < -0.39 is 0 Å². The van der Waals surface area contributed by atoms with E-state index in [1.54, 1.807) is 0 Å². The first-order chi connectivity index (χ1) is 9.97. The zero-order chi connectivity index (χ0) is 15.8. The lowest BCUT2D eigenvalue weighted by molar-refractivity contribution is 0.400. The molecule has 4 heteroatoms. The molecular weight excluding hydrogens is 326 g/mol. The second kappa shape index (κ2) is 9.44. The van der Waals surface area contributed by atoms with Gasteiger partial charge in [-0.05, 0) is 64.5 Å². The maximum atomic E-state index is 6.06. The van der Waals surface area contributed by atoms with Gasteiger partial charge >= 0.3 is 0 Å². The van der Waals surface area contributed by atoms with Crippen LogP contribution in [0.5, 0.6) is 0 Å². The zero-order valence-corrected chi connectivity index (χ0v) is 15.5. The van der Waals surface area contributed by atoms with E-state index in [1.165, 1.54) is 22.1 Å². The van der Waals surface area contributed by atoms with Crippen LogP contribution in [-0.2, 0) is 6.42 Å². The van der Waals surface area contributed by atoms with E-state index in [0.29, 0.717) is 0 Å². The minimum atomic E-state index is 0.245. The van der Waals surface area contributed by atoms with Crippen molar-refractivity contribution in [2.75, 3.05) is 38.6 Å². The largest absolute Gasteiger partial charge is 0.372 e. The number of anilines is 1. The van der Waals surface area contributed by atoms with E-state index in [4.69, 9.17) is 5.73 Å². The third-order valence-corrected chi connectivity index (χ3v) is 4.56. The lowest BCUT2D eigenvalue weighted by Gasteiger charge is -2.25. The number of nitrogens with zero attached hydrogens (tertiary/aromatic N) is 2. The molecule has 0 bridgehead atoms. The van der Waals surface area contributed by atoms with Crippen molar-refractivity contribution in [1.82, 2.24) is 4.90 Å². The molecule has 1 aromatic rings. The van der Waals surface area contributed by atoms with Crippen LogP contribution < -0.4 is 10.6 Å². The Labute approximate surface area is 138 Å². The highest BCUT2D eigenvalue weighted by Gasteiger charge is 2.09. The van der Waals surface area contributed by atoms with Gasteiger partial charge in [-0.25, -0.2) is 0 Å². The predicted molar refractivity (Wildman–Crippen MR) is 97.2 cm³/mol. The fourth-order valence-electron chi connectivity index (χ4n) is 2.37. The van der Waals surface area contributed by atoms with Crippen molar-refractivity contribution in [2.45, 2.75) is 39.2 Å². The van der Waals surface area contributed by atoms with E-state index in [2.05, 4.69) is 71.9 Å².